The fourth-order valence-corrected chi connectivity index (χ4v) is 1.12. The highest BCUT2D eigenvalue weighted by molar-refractivity contribution is 9.10. The largest absolute Gasteiger partial charge is 0.462 e. The summed E-state index contributed by atoms with van der Waals surface area (Å²) in [6.45, 7) is 1.78. The maximum absolute atomic E-state index is 12.9. The van der Waals surface area contributed by atoms with E-state index >= 15 is 0 Å². The standard InChI is InChI=1S/C9H7BrF2O2/c1-2-14-9(13)5-3-6(11)8(10)7(12)4-5/h3-4H,2H2,1H3. The zero-order valence-corrected chi connectivity index (χ0v) is 8.90. The normalized spacial score (nSPS) is 10.0. The molecule has 0 aromatic heterocycles. The molecule has 2 nitrogen and oxygen atoms in total. The third-order valence-corrected chi connectivity index (χ3v) is 2.25. The molecule has 0 N–H and O–H groups in total. The molecular formula is C9H7BrF2O2. The second-order valence-corrected chi connectivity index (χ2v) is 3.27. The smallest absolute Gasteiger partial charge is 0.338 e. The number of esters is 1. The first-order chi connectivity index (χ1) is 6.56. The summed E-state index contributed by atoms with van der Waals surface area (Å²) in [7, 11) is 0. The van der Waals surface area contributed by atoms with E-state index in [1.165, 1.54) is 0 Å². The van der Waals surface area contributed by atoms with Crippen LogP contribution in [-0.4, -0.2) is 12.6 Å². The van der Waals surface area contributed by atoms with Gasteiger partial charge in [0.15, 0.2) is 0 Å². The molecule has 76 valence electrons. The van der Waals surface area contributed by atoms with E-state index in [2.05, 4.69) is 20.7 Å². The number of halogens is 3. The Bertz CT molecular complexity index is 343. The highest BCUT2D eigenvalue weighted by atomic mass is 79.9. The van der Waals surface area contributed by atoms with Gasteiger partial charge in [-0.25, -0.2) is 13.6 Å². The van der Waals surface area contributed by atoms with Crippen LogP contribution in [0.2, 0.25) is 0 Å². The van der Waals surface area contributed by atoms with Crippen molar-refractivity contribution in [2.45, 2.75) is 6.92 Å². The van der Waals surface area contributed by atoms with Crippen molar-refractivity contribution in [3.63, 3.8) is 0 Å². The number of carbonyl (C=O) groups is 1. The van der Waals surface area contributed by atoms with E-state index in [-0.39, 0.29) is 16.6 Å². The van der Waals surface area contributed by atoms with E-state index < -0.39 is 17.6 Å². The van der Waals surface area contributed by atoms with Crippen molar-refractivity contribution in [1.29, 1.82) is 0 Å². The van der Waals surface area contributed by atoms with E-state index in [0.29, 0.717) is 0 Å². The lowest BCUT2D eigenvalue weighted by atomic mass is 10.2. The SMILES string of the molecule is CCOC(=O)c1cc(F)c(Br)c(F)c1. The molecule has 14 heavy (non-hydrogen) atoms. The molecule has 0 aliphatic heterocycles. The van der Waals surface area contributed by atoms with Crippen molar-refractivity contribution >= 4 is 21.9 Å². The molecule has 0 amide bonds. The molecule has 0 saturated carbocycles. The number of carbonyl (C=O) groups excluding carboxylic acids is 1. The van der Waals surface area contributed by atoms with Crippen LogP contribution >= 0.6 is 15.9 Å². The van der Waals surface area contributed by atoms with E-state index in [4.69, 9.17) is 0 Å². The van der Waals surface area contributed by atoms with Crippen LogP contribution in [0.5, 0.6) is 0 Å². The first kappa shape index (κ1) is 11.1. The fraction of sp³-hybridized carbons (Fsp3) is 0.222. The highest BCUT2D eigenvalue weighted by Crippen LogP contribution is 2.21. The molecule has 1 aromatic rings. The van der Waals surface area contributed by atoms with Crippen molar-refractivity contribution in [2.24, 2.45) is 0 Å². The molecular weight excluding hydrogens is 258 g/mol. The Balaban J connectivity index is 3.06. The van der Waals surface area contributed by atoms with Crippen LogP contribution in [0.25, 0.3) is 0 Å². The minimum Gasteiger partial charge on any atom is -0.462 e. The molecule has 0 spiro atoms. The van der Waals surface area contributed by atoms with Crippen LogP contribution in [0, 0.1) is 11.6 Å². The Kier molecular flexibility index (Phi) is 3.57. The molecule has 0 bridgehead atoms. The Hall–Kier alpha value is -0.970. The van der Waals surface area contributed by atoms with Crippen LogP contribution in [0.3, 0.4) is 0 Å². The molecule has 0 fully saturated rings. The van der Waals surface area contributed by atoms with Crippen LogP contribution in [0.4, 0.5) is 8.78 Å². The van der Waals surface area contributed by atoms with Gasteiger partial charge >= 0.3 is 5.97 Å². The van der Waals surface area contributed by atoms with E-state index in [1.54, 1.807) is 6.92 Å². The van der Waals surface area contributed by atoms with Gasteiger partial charge in [0, 0.05) is 0 Å². The van der Waals surface area contributed by atoms with Gasteiger partial charge in [-0.3, -0.25) is 0 Å². The average Bonchev–Trinajstić information content (AvgIpc) is 2.13. The molecule has 1 aromatic carbocycles. The molecule has 1 rings (SSSR count). The summed E-state index contributed by atoms with van der Waals surface area (Å²) < 4.78 is 30.2. The topological polar surface area (TPSA) is 26.3 Å². The van der Waals surface area contributed by atoms with E-state index in [0.717, 1.165) is 12.1 Å². The van der Waals surface area contributed by atoms with Gasteiger partial charge in [-0.05, 0) is 35.0 Å². The third kappa shape index (κ3) is 2.29. The monoisotopic (exact) mass is 264 g/mol. The third-order valence-electron chi connectivity index (χ3n) is 1.49. The molecule has 0 unspecified atom stereocenters. The quantitative estimate of drug-likeness (QED) is 0.607. The average molecular weight is 265 g/mol. The summed E-state index contributed by atoms with van der Waals surface area (Å²) >= 11 is 2.70. The predicted molar refractivity (Wildman–Crippen MR) is 50.0 cm³/mol. The van der Waals surface area contributed by atoms with Gasteiger partial charge in [-0.15, -0.1) is 0 Å². The predicted octanol–water partition coefficient (Wildman–Crippen LogP) is 2.90. The summed E-state index contributed by atoms with van der Waals surface area (Å²) in [6, 6.07) is 1.84. The number of benzene rings is 1. The lowest BCUT2D eigenvalue weighted by Crippen LogP contribution is -2.06. The van der Waals surface area contributed by atoms with Crippen molar-refractivity contribution in [3.8, 4) is 0 Å². The summed E-state index contributed by atoms with van der Waals surface area (Å²) in [5.74, 6) is -2.39. The number of hydrogen-bond donors (Lipinski definition) is 0. The highest BCUT2D eigenvalue weighted by Gasteiger charge is 2.13. The van der Waals surface area contributed by atoms with Crippen molar-refractivity contribution in [2.75, 3.05) is 6.61 Å². The maximum atomic E-state index is 12.9. The van der Waals surface area contributed by atoms with Gasteiger partial charge in [0.05, 0.1) is 16.6 Å². The minimum atomic E-state index is -0.826. The Morgan fingerprint density at radius 1 is 1.43 bits per heavy atom. The van der Waals surface area contributed by atoms with Gasteiger partial charge in [0.25, 0.3) is 0 Å². The van der Waals surface area contributed by atoms with Gasteiger partial charge in [-0.2, -0.15) is 0 Å². The van der Waals surface area contributed by atoms with Gasteiger partial charge in [-0.1, -0.05) is 0 Å². The number of rotatable bonds is 2. The number of ether oxygens (including phenoxy) is 1. The van der Waals surface area contributed by atoms with Crippen LogP contribution in [-0.2, 0) is 4.74 Å². The lowest BCUT2D eigenvalue weighted by molar-refractivity contribution is 0.0525. The molecule has 0 radical (unpaired) electrons. The summed E-state index contributed by atoms with van der Waals surface area (Å²) in [4.78, 5) is 11.1. The van der Waals surface area contributed by atoms with Crippen molar-refractivity contribution in [3.05, 3.63) is 33.8 Å². The molecule has 0 aliphatic rings. The van der Waals surface area contributed by atoms with Crippen molar-refractivity contribution < 1.29 is 18.3 Å². The second kappa shape index (κ2) is 4.50. The summed E-state index contributed by atoms with van der Waals surface area (Å²) in [5.41, 5.74) is -0.134. The lowest BCUT2D eigenvalue weighted by Gasteiger charge is -2.03. The zero-order valence-electron chi connectivity index (χ0n) is 7.31. The Morgan fingerprint density at radius 2 is 1.93 bits per heavy atom. The van der Waals surface area contributed by atoms with Gasteiger partial charge in [0.1, 0.15) is 11.6 Å². The zero-order chi connectivity index (χ0) is 10.7. The molecule has 5 heteroatoms. The van der Waals surface area contributed by atoms with E-state index in [9.17, 15) is 13.6 Å². The fourth-order valence-electron chi connectivity index (χ4n) is 0.888. The Morgan fingerprint density at radius 3 is 2.36 bits per heavy atom. The first-order valence-electron chi connectivity index (χ1n) is 3.88. The van der Waals surface area contributed by atoms with Gasteiger partial charge < -0.3 is 4.74 Å². The Labute approximate surface area is 88.0 Å². The molecule has 0 saturated heterocycles. The summed E-state index contributed by atoms with van der Waals surface area (Å²) in [5, 5.41) is 0. The first-order valence-corrected chi connectivity index (χ1v) is 4.67. The van der Waals surface area contributed by atoms with Crippen LogP contribution in [0.1, 0.15) is 17.3 Å². The maximum Gasteiger partial charge on any atom is 0.338 e. The molecule has 0 atom stereocenters. The van der Waals surface area contributed by atoms with Crippen molar-refractivity contribution in [1.82, 2.24) is 0 Å². The number of hydrogen-bond acceptors (Lipinski definition) is 2. The van der Waals surface area contributed by atoms with Crippen LogP contribution < -0.4 is 0 Å². The second-order valence-electron chi connectivity index (χ2n) is 2.47. The molecule has 0 heterocycles. The molecule has 0 aliphatic carbocycles. The van der Waals surface area contributed by atoms with Gasteiger partial charge in [0.2, 0.25) is 0 Å². The van der Waals surface area contributed by atoms with E-state index in [1.807, 2.05) is 0 Å². The van der Waals surface area contributed by atoms with Crippen LogP contribution in [0.15, 0.2) is 16.6 Å². The minimum absolute atomic E-state index is 0.134. The summed E-state index contributed by atoms with van der Waals surface area (Å²) in [6.07, 6.45) is 0.